The second-order valence-corrected chi connectivity index (χ2v) is 3.78. The minimum absolute atomic E-state index is 0. The van der Waals surface area contributed by atoms with E-state index in [1.54, 1.807) is 0 Å². The molecule has 1 fully saturated rings. The third-order valence-corrected chi connectivity index (χ3v) is 2.79. The highest BCUT2D eigenvalue weighted by atomic mass is 14.4. The highest BCUT2D eigenvalue weighted by Gasteiger charge is 2.30. The minimum Gasteiger partial charge on any atom is -0.344 e. The van der Waals surface area contributed by atoms with Crippen LogP contribution in [0.3, 0.4) is 0 Å². The van der Waals surface area contributed by atoms with Crippen molar-refractivity contribution in [2.75, 3.05) is 0 Å². The lowest BCUT2D eigenvalue weighted by Crippen LogP contribution is -2.13. The molecule has 0 heterocycles. The lowest BCUT2D eigenvalue weighted by Gasteiger charge is -2.22. The van der Waals surface area contributed by atoms with Gasteiger partial charge in [-0.1, -0.05) is 33.6 Å². The third kappa shape index (κ3) is 2.27. The Kier molecular flexibility index (Phi) is 4.96. The zero-order chi connectivity index (χ0) is 6.20. The summed E-state index contributed by atoms with van der Waals surface area (Å²) in [5.74, 6) is 0.961. The SMILES string of the molecule is CC1CCCC1(C)C.N.N. The summed E-state index contributed by atoms with van der Waals surface area (Å²) in [5, 5.41) is 0. The molecule has 0 saturated heterocycles. The summed E-state index contributed by atoms with van der Waals surface area (Å²) in [6.07, 6.45) is 4.34. The molecule has 0 aromatic carbocycles. The molecule has 0 bridgehead atoms. The standard InChI is InChI=1S/C8H16.2H3N/c1-7-5-4-6-8(7,2)3;;/h7H,4-6H2,1-3H3;2*1H3. The Bertz CT molecular complexity index is 89.3. The molecule has 1 unspecified atom stereocenters. The van der Waals surface area contributed by atoms with Crippen molar-refractivity contribution in [1.82, 2.24) is 12.3 Å². The van der Waals surface area contributed by atoms with Crippen LogP contribution in [-0.4, -0.2) is 0 Å². The molecule has 1 atom stereocenters. The van der Waals surface area contributed by atoms with Gasteiger partial charge in [0.25, 0.3) is 0 Å². The first-order valence-electron chi connectivity index (χ1n) is 3.63. The normalized spacial score (nSPS) is 28.5. The molecule has 2 heteroatoms. The van der Waals surface area contributed by atoms with Crippen LogP contribution in [-0.2, 0) is 0 Å². The first-order valence-corrected chi connectivity index (χ1v) is 3.63. The van der Waals surface area contributed by atoms with Gasteiger partial charge in [-0.2, -0.15) is 0 Å². The maximum absolute atomic E-state index is 2.38. The summed E-state index contributed by atoms with van der Waals surface area (Å²) in [6.45, 7) is 7.13. The van der Waals surface area contributed by atoms with E-state index in [0.717, 1.165) is 5.92 Å². The molecule has 1 saturated carbocycles. The maximum atomic E-state index is 2.38. The van der Waals surface area contributed by atoms with Gasteiger partial charge in [0.15, 0.2) is 0 Å². The van der Waals surface area contributed by atoms with Crippen molar-refractivity contribution in [3.05, 3.63) is 0 Å². The fourth-order valence-electron chi connectivity index (χ4n) is 1.50. The molecule has 10 heavy (non-hydrogen) atoms. The number of hydrogen-bond acceptors (Lipinski definition) is 2. The Balaban J connectivity index is 0. The molecule has 1 aliphatic rings. The van der Waals surface area contributed by atoms with Crippen LogP contribution >= 0.6 is 0 Å². The van der Waals surface area contributed by atoms with E-state index >= 15 is 0 Å². The summed E-state index contributed by atoms with van der Waals surface area (Å²) in [7, 11) is 0. The maximum Gasteiger partial charge on any atom is -0.0329 e. The van der Waals surface area contributed by atoms with Crippen molar-refractivity contribution in [2.45, 2.75) is 40.0 Å². The van der Waals surface area contributed by atoms with Crippen LogP contribution < -0.4 is 12.3 Å². The Morgan fingerprint density at radius 2 is 1.70 bits per heavy atom. The molecule has 1 rings (SSSR count). The summed E-state index contributed by atoms with van der Waals surface area (Å²) in [5.41, 5.74) is 0.653. The highest BCUT2D eigenvalue weighted by molar-refractivity contribution is 4.81. The van der Waals surface area contributed by atoms with Crippen LogP contribution in [0.5, 0.6) is 0 Å². The van der Waals surface area contributed by atoms with Crippen LogP contribution in [0.25, 0.3) is 0 Å². The van der Waals surface area contributed by atoms with E-state index in [9.17, 15) is 0 Å². The minimum atomic E-state index is 0. The largest absolute Gasteiger partial charge is 0.344 e. The van der Waals surface area contributed by atoms with Crippen LogP contribution in [0, 0.1) is 11.3 Å². The van der Waals surface area contributed by atoms with Gasteiger partial charge >= 0.3 is 0 Å². The molecule has 0 spiro atoms. The van der Waals surface area contributed by atoms with E-state index in [1.807, 2.05) is 0 Å². The third-order valence-electron chi connectivity index (χ3n) is 2.79. The fourth-order valence-corrected chi connectivity index (χ4v) is 1.50. The van der Waals surface area contributed by atoms with E-state index in [1.165, 1.54) is 19.3 Å². The van der Waals surface area contributed by atoms with E-state index in [-0.39, 0.29) is 12.3 Å². The van der Waals surface area contributed by atoms with Gasteiger partial charge in [-0.05, 0) is 17.8 Å². The molecule has 2 nitrogen and oxygen atoms in total. The topological polar surface area (TPSA) is 70.0 Å². The Morgan fingerprint density at radius 1 is 1.20 bits per heavy atom. The lowest BCUT2D eigenvalue weighted by molar-refractivity contribution is 0.281. The van der Waals surface area contributed by atoms with E-state index in [0.29, 0.717) is 5.41 Å². The molecule has 0 aliphatic heterocycles. The Morgan fingerprint density at radius 3 is 1.80 bits per heavy atom. The van der Waals surface area contributed by atoms with Gasteiger partial charge in [-0.3, -0.25) is 0 Å². The molecule has 1 aliphatic carbocycles. The second-order valence-electron chi connectivity index (χ2n) is 3.78. The van der Waals surface area contributed by atoms with Crippen molar-refractivity contribution in [2.24, 2.45) is 11.3 Å². The number of rotatable bonds is 0. The summed E-state index contributed by atoms with van der Waals surface area (Å²) >= 11 is 0. The van der Waals surface area contributed by atoms with Crippen LogP contribution in [0.1, 0.15) is 40.0 Å². The summed E-state index contributed by atoms with van der Waals surface area (Å²) in [6, 6.07) is 0. The highest BCUT2D eigenvalue weighted by Crippen LogP contribution is 2.41. The molecule has 0 aromatic heterocycles. The molecule has 64 valence electrons. The zero-order valence-corrected chi connectivity index (χ0v) is 7.61. The van der Waals surface area contributed by atoms with Gasteiger partial charge in [-0.15, -0.1) is 0 Å². The molecule has 6 N–H and O–H groups in total. The van der Waals surface area contributed by atoms with Crippen molar-refractivity contribution < 1.29 is 0 Å². The van der Waals surface area contributed by atoms with Gasteiger partial charge in [-0.25, -0.2) is 0 Å². The first-order chi connectivity index (χ1) is 3.63. The monoisotopic (exact) mass is 146 g/mol. The van der Waals surface area contributed by atoms with E-state index in [2.05, 4.69) is 20.8 Å². The fraction of sp³-hybridized carbons (Fsp3) is 1.00. The van der Waals surface area contributed by atoms with Gasteiger partial charge in [0.1, 0.15) is 0 Å². The molecular weight excluding hydrogens is 124 g/mol. The van der Waals surface area contributed by atoms with Gasteiger partial charge in [0, 0.05) is 0 Å². The molecule has 0 amide bonds. The Labute approximate surface area is 64.6 Å². The lowest BCUT2D eigenvalue weighted by atomic mass is 9.83. The van der Waals surface area contributed by atoms with Gasteiger partial charge in [0.2, 0.25) is 0 Å². The predicted octanol–water partition coefficient (Wildman–Crippen LogP) is 3.16. The van der Waals surface area contributed by atoms with Crippen molar-refractivity contribution in [1.29, 1.82) is 0 Å². The first kappa shape index (κ1) is 12.6. The number of hydrogen-bond donors (Lipinski definition) is 2. The van der Waals surface area contributed by atoms with Crippen LogP contribution in [0.4, 0.5) is 0 Å². The molecular formula is C8H22N2. The molecule has 0 radical (unpaired) electrons. The quantitative estimate of drug-likeness (QED) is 0.551. The van der Waals surface area contributed by atoms with Gasteiger partial charge < -0.3 is 12.3 Å². The van der Waals surface area contributed by atoms with Crippen molar-refractivity contribution in [3.8, 4) is 0 Å². The van der Waals surface area contributed by atoms with Crippen molar-refractivity contribution in [3.63, 3.8) is 0 Å². The van der Waals surface area contributed by atoms with E-state index < -0.39 is 0 Å². The van der Waals surface area contributed by atoms with Crippen molar-refractivity contribution >= 4 is 0 Å². The zero-order valence-electron chi connectivity index (χ0n) is 7.61. The average Bonchev–Trinajstić information content (AvgIpc) is 1.86. The molecule has 0 aromatic rings. The second kappa shape index (κ2) is 3.94. The Hall–Kier alpha value is -0.0800. The van der Waals surface area contributed by atoms with Gasteiger partial charge in [0.05, 0.1) is 0 Å². The van der Waals surface area contributed by atoms with E-state index in [4.69, 9.17) is 0 Å². The predicted molar refractivity (Wildman–Crippen MR) is 46.8 cm³/mol. The summed E-state index contributed by atoms with van der Waals surface area (Å²) < 4.78 is 0. The summed E-state index contributed by atoms with van der Waals surface area (Å²) in [4.78, 5) is 0. The average molecular weight is 146 g/mol. The van der Waals surface area contributed by atoms with Crippen LogP contribution in [0.2, 0.25) is 0 Å². The van der Waals surface area contributed by atoms with Crippen LogP contribution in [0.15, 0.2) is 0 Å². The smallest absolute Gasteiger partial charge is 0.0329 e.